The standard InChI is InChI=1S/C13H21N2OS.3C4H9.Sn/c1-13(2,3)17(16)14-10-11-6-8-12(9-7-11)15(4)5;3*1-3-4-2;/h6-10,14H,1-5H3;3*1,3-4H2,2H3;. The predicted octanol–water partition coefficient (Wildman–Crippen LogP) is 7.23. The Hall–Kier alpha value is -0.0713. The SMILES string of the molecule is CCC[CH2][Sn]([CH2]CCC)([CH2]CCC)[C@@H](NS(=O)C(C)(C)C)c1ccc(N(C)C)cc1. The number of anilines is 1. The number of benzene rings is 1. The first-order valence-corrected chi connectivity index (χ1v) is 20.9. The molecule has 3 nitrogen and oxygen atoms in total. The van der Waals surface area contributed by atoms with Crippen molar-refractivity contribution in [3.8, 4) is 0 Å². The second kappa shape index (κ2) is 13.5. The molecule has 0 heterocycles. The van der Waals surface area contributed by atoms with Crippen LogP contribution < -0.4 is 9.62 Å². The predicted molar refractivity (Wildman–Crippen MR) is 139 cm³/mol. The fourth-order valence-electron chi connectivity index (χ4n) is 4.19. The second-order valence-electron chi connectivity index (χ2n) is 10.1. The molecular formula is C25H48N2OSSn. The van der Waals surface area contributed by atoms with E-state index in [9.17, 15) is 4.21 Å². The van der Waals surface area contributed by atoms with Crippen LogP contribution in [0.15, 0.2) is 24.3 Å². The number of hydrogen-bond donors (Lipinski definition) is 1. The first-order chi connectivity index (χ1) is 14.1. The van der Waals surface area contributed by atoms with E-state index < -0.39 is 29.4 Å². The summed E-state index contributed by atoms with van der Waals surface area (Å²) in [7, 11) is 3.13. The summed E-state index contributed by atoms with van der Waals surface area (Å²) < 4.78 is 21.3. The molecule has 1 aromatic rings. The van der Waals surface area contributed by atoms with E-state index in [2.05, 4.69) is 89.5 Å². The number of nitrogens with one attached hydrogen (secondary N) is 1. The van der Waals surface area contributed by atoms with Crippen LogP contribution >= 0.6 is 0 Å². The summed E-state index contributed by atoms with van der Waals surface area (Å²) in [5.74, 6) is 0. The summed E-state index contributed by atoms with van der Waals surface area (Å²) in [5.41, 5.74) is 2.60. The summed E-state index contributed by atoms with van der Waals surface area (Å²) in [5, 5.41) is 0. The van der Waals surface area contributed by atoms with Gasteiger partial charge in [-0.05, 0) is 0 Å². The zero-order valence-corrected chi connectivity index (χ0v) is 24.7. The molecule has 2 atom stereocenters. The van der Waals surface area contributed by atoms with Crippen molar-refractivity contribution in [3.63, 3.8) is 0 Å². The molecule has 0 amide bonds. The van der Waals surface area contributed by atoms with E-state index in [1.807, 2.05) is 0 Å². The van der Waals surface area contributed by atoms with Crippen LogP contribution in [0.2, 0.25) is 13.3 Å². The van der Waals surface area contributed by atoms with E-state index in [0.717, 1.165) is 0 Å². The zero-order valence-electron chi connectivity index (χ0n) is 21.0. The van der Waals surface area contributed by atoms with Gasteiger partial charge in [-0.1, -0.05) is 0 Å². The number of nitrogens with zero attached hydrogens (tertiary/aromatic N) is 1. The van der Waals surface area contributed by atoms with Gasteiger partial charge in [0.1, 0.15) is 0 Å². The van der Waals surface area contributed by atoms with E-state index in [-0.39, 0.29) is 4.75 Å². The van der Waals surface area contributed by atoms with Crippen molar-refractivity contribution in [2.24, 2.45) is 0 Å². The molecule has 0 aromatic heterocycles. The van der Waals surface area contributed by atoms with Gasteiger partial charge >= 0.3 is 195 Å². The first kappa shape index (κ1) is 28.0. The van der Waals surface area contributed by atoms with Gasteiger partial charge in [0, 0.05) is 0 Å². The minimum atomic E-state index is -2.69. The molecule has 0 aliphatic rings. The normalized spacial score (nSPS) is 14.5. The van der Waals surface area contributed by atoms with Crippen molar-refractivity contribution in [1.82, 2.24) is 4.72 Å². The molecule has 1 rings (SSSR count). The Morgan fingerprint density at radius 2 is 1.33 bits per heavy atom. The number of rotatable bonds is 14. The quantitative estimate of drug-likeness (QED) is 0.251. The first-order valence-electron chi connectivity index (χ1n) is 12.1. The third kappa shape index (κ3) is 8.46. The molecule has 0 radical (unpaired) electrons. The Morgan fingerprint density at radius 3 is 1.67 bits per heavy atom. The van der Waals surface area contributed by atoms with E-state index in [1.54, 1.807) is 0 Å². The zero-order chi connectivity index (χ0) is 22.8. The van der Waals surface area contributed by atoms with Gasteiger partial charge in [0.15, 0.2) is 0 Å². The molecular weight excluding hydrogens is 495 g/mol. The average molecular weight is 543 g/mol. The van der Waals surface area contributed by atoms with Crippen LogP contribution in [0, 0.1) is 0 Å². The fourth-order valence-corrected chi connectivity index (χ4v) is 24.4. The number of hydrogen-bond acceptors (Lipinski definition) is 2. The summed E-state index contributed by atoms with van der Waals surface area (Å²) in [4.78, 5) is 2.15. The van der Waals surface area contributed by atoms with E-state index >= 15 is 0 Å². The third-order valence-corrected chi connectivity index (χ3v) is 24.8. The molecule has 0 aliphatic heterocycles. The van der Waals surface area contributed by atoms with Crippen LogP contribution in [0.1, 0.15) is 89.7 Å². The maximum atomic E-state index is 13.3. The van der Waals surface area contributed by atoms with Crippen LogP contribution in [-0.2, 0) is 11.0 Å². The van der Waals surface area contributed by atoms with Crippen molar-refractivity contribution in [1.29, 1.82) is 0 Å². The van der Waals surface area contributed by atoms with E-state index in [4.69, 9.17) is 0 Å². The van der Waals surface area contributed by atoms with Gasteiger partial charge in [-0.2, -0.15) is 0 Å². The molecule has 0 saturated heterocycles. The minimum absolute atomic E-state index is 0.250. The van der Waals surface area contributed by atoms with Crippen molar-refractivity contribution >= 4 is 35.0 Å². The topological polar surface area (TPSA) is 32.3 Å². The van der Waals surface area contributed by atoms with Crippen molar-refractivity contribution in [2.75, 3.05) is 19.0 Å². The van der Waals surface area contributed by atoms with Gasteiger partial charge in [0.05, 0.1) is 0 Å². The molecule has 0 fully saturated rings. The molecule has 1 unspecified atom stereocenters. The molecule has 0 spiro atoms. The van der Waals surface area contributed by atoms with Gasteiger partial charge in [0.2, 0.25) is 0 Å². The Balaban J connectivity index is 3.48. The summed E-state index contributed by atoms with van der Waals surface area (Å²) in [6, 6.07) is 9.09. The van der Waals surface area contributed by atoms with Gasteiger partial charge in [-0.3, -0.25) is 0 Å². The van der Waals surface area contributed by atoms with E-state index in [1.165, 1.54) is 63.1 Å². The van der Waals surface area contributed by atoms with Crippen LogP contribution in [0.4, 0.5) is 5.69 Å². The fraction of sp³-hybridized carbons (Fsp3) is 0.760. The van der Waals surface area contributed by atoms with Gasteiger partial charge in [-0.25, -0.2) is 0 Å². The van der Waals surface area contributed by atoms with Crippen LogP contribution in [0.5, 0.6) is 0 Å². The average Bonchev–Trinajstić information content (AvgIpc) is 2.71. The van der Waals surface area contributed by atoms with Gasteiger partial charge in [0.25, 0.3) is 0 Å². The molecule has 0 bridgehead atoms. The molecule has 30 heavy (non-hydrogen) atoms. The monoisotopic (exact) mass is 544 g/mol. The van der Waals surface area contributed by atoms with Crippen LogP contribution in [-0.4, -0.2) is 41.4 Å². The Labute approximate surface area is 194 Å². The molecule has 5 heteroatoms. The van der Waals surface area contributed by atoms with Crippen LogP contribution in [0.25, 0.3) is 0 Å². The van der Waals surface area contributed by atoms with E-state index in [0.29, 0.717) is 4.06 Å². The molecule has 1 aromatic carbocycles. The van der Waals surface area contributed by atoms with Crippen molar-refractivity contribution < 1.29 is 4.21 Å². The Kier molecular flexibility index (Phi) is 12.6. The summed E-state index contributed by atoms with van der Waals surface area (Å²) >= 11 is -2.69. The van der Waals surface area contributed by atoms with Crippen molar-refractivity contribution in [2.45, 2.75) is 102 Å². The molecule has 174 valence electrons. The summed E-state index contributed by atoms with van der Waals surface area (Å²) in [6.45, 7) is 13.2. The van der Waals surface area contributed by atoms with Crippen molar-refractivity contribution in [3.05, 3.63) is 29.8 Å². The second-order valence-corrected chi connectivity index (χ2v) is 25.8. The van der Waals surface area contributed by atoms with Gasteiger partial charge in [-0.15, -0.1) is 0 Å². The van der Waals surface area contributed by atoms with Gasteiger partial charge < -0.3 is 0 Å². The molecule has 0 saturated carbocycles. The Morgan fingerprint density at radius 1 is 0.900 bits per heavy atom. The number of unbranched alkanes of at least 4 members (excludes halogenated alkanes) is 3. The third-order valence-electron chi connectivity index (χ3n) is 6.22. The summed E-state index contributed by atoms with van der Waals surface area (Å²) in [6.07, 6.45) is 7.72. The maximum absolute atomic E-state index is 13.3. The Bertz CT molecular complexity index is 603. The molecule has 0 aliphatic carbocycles. The molecule has 1 N–H and O–H groups in total. The van der Waals surface area contributed by atoms with Crippen LogP contribution in [0.3, 0.4) is 0 Å².